The van der Waals surface area contributed by atoms with Crippen molar-refractivity contribution < 1.29 is 4.79 Å². The Kier molecular flexibility index (Phi) is 9.73. The minimum Gasteiger partial charge on any atom is -0.355 e. The van der Waals surface area contributed by atoms with Crippen LogP contribution in [0.4, 0.5) is 0 Å². The Hall–Kier alpha value is -0.480. The lowest BCUT2D eigenvalue weighted by molar-refractivity contribution is -0.121. The number of hydrogen-bond acceptors (Lipinski definition) is 3. The van der Waals surface area contributed by atoms with Gasteiger partial charge in [0.25, 0.3) is 0 Å². The fourth-order valence-electron chi connectivity index (χ4n) is 1.20. The molecular weight excluding hydrogens is 208 g/mol. The minimum absolute atomic E-state index is 0.127. The van der Waals surface area contributed by atoms with Crippen molar-refractivity contribution in [3.8, 4) is 0 Å². The number of amides is 1. The molecule has 0 heterocycles. The zero-order valence-electron chi connectivity index (χ0n) is 9.71. The van der Waals surface area contributed by atoms with Crippen LogP contribution in [0.15, 0.2) is 12.7 Å². The summed E-state index contributed by atoms with van der Waals surface area (Å²) in [6.07, 6.45) is 2.43. The van der Waals surface area contributed by atoms with Crippen LogP contribution in [0.25, 0.3) is 0 Å². The molecule has 0 saturated carbocycles. The van der Waals surface area contributed by atoms with E-state index in [4.69, 9.17) is 0 Å². The zero-order valence-corrected chi connectivity index (χ0v) is 10.5. The number of nitrogens with one attached hydrogen (secondary N) is 2. The summed E-state index contributed by atoms with van der Waals surface area (Å²) in [5.74, 6) is 2.03. The van der Waals surface area contributed by atoms with Gasteiger partial charge in [-0.15, -0.1) is 6.58 Å². The van der Waals surface area contributed by atoms with Gasteiger partial charge in [0.05, 0.1) is 0 Å². The van der Waals surface area contributed by atoms with E-state index in [0.717, 1.165) is 24.6 Å². The standard InChI is InChI=1S/C11H22N2OS/c1-4-7-15-8-6-13-11(14)9-10(3)12-5-2/h4,10,12H,1,5-9H2,2-3H3,(H,13,14). The maximum Gasteiger partial charge on any atom is 0.221 e. The highest BCUT2D eigenvalue weighted by Crippen LogP contribution is 1.97. The van der Waals surface area contributed by atoms with Gasteiger partial charge in [-0.1, -0.05) is 13.0 Å². The lowest BCUT2D eigenvalue weighted by atomic mass is 10.2. The van der Waals surface area contributed by atoms with Gasteiger partial charge in [-0.05, 0) is 13.5 Å². The Morgan fingerprint density at radius 1 is 1.60 bits per heavy atom. The van der Waals surface area contributed by atoms with Crippen molar-refractivity contribution in [2.24, 2.45) is 0 Å². The van der Waals surface area contributed by atoms with E-state index in [-0.39, 0.29) is 11.9 Å². The van der Waals surface area contributed by atoms with E-state index in [2.05, 4.69) is 17.2 Å². The highest BCUT2D eigenvalue weighted by atomic mass is 32.2. The number of rotatable bonds is 9. The molecule has 0 aliphatic carbocycles. The van der Waals surface area contributed by atoms with Gasteiger partial charge in [-0.3, -0.25) is 4.79 Å². The Bertz CT molecular complexity index is 185. The summed E-state index contributed by atoms with van der Waals surface area (Å²) in [4.78, 5) is 11.4. The highest BCUT2D eigenvalue weighted by Gasteiger charge is 2.06. The fraction of sp³-hybridized carbons (Fsp3) is 0.727. The first kappa shape index (κ1) is 14.5. The monoisotopic (exact) mass is 230 g/mol. The molecule has 0 fully saturated rings. The molecule has 0 saturated heterocycles. The molecular formula is C11H22N2OS. The van der Waals surface area contributed by atoms with Gasteiger partial charge in [0.1, 0.15) is 0 Å². The van der Waals surface area contributed by atoms with Crippen molar-refractivity contribution in [3.63, 3.8) is 0 Å². The normalized spacial score (nSPS) is 12.1. The maximum atomic E-state index is 11.4. The maximum absolute atomic E-state index is 11.4. The summed E-state index contributed by atoms with van der Waals surface area (Å²) >= 11 is 1.78. The first-order valence-electron chi connectivity index (χ1n) is 5.39. The second kappa shape index (κ2) is 10.1. The molecule has 0 aliphatic heterocycles. The van der Waals surface area contributed by atoms with Crippen molar-refractivity contribution in [1.29, 1.82) is 0 Å². The Labute approximate surface area is 97.1 Å². The highest BCUT2D eigenvalue weighted by molar-refractivity contribution is 7.99. The zero-order chi connectivity index (χ0) is 11.5. The smallest absolute Gasteiger partial charge is 0.221 e. The van der Waals surface area contributed by atoms with Gasteiger partial charge in [0.2, 0.25) is 5.91 Å². The minimum atomic E-state index is 0.127. The Morgan fingerprint density at radius 3 is 2.93 bits per heavy atom. The Morgan fingerprint density at radius 2 is 2.33 bits per heavy atom. The third-order valence-corrected chi connectivity index (χ3v) is 2.81. The molecule has 15 heavy (non-hydrogen) atoms. The molecule has 4 heteroatoms. The van der Waals surface area contributed by atoms with Gasteiger partial charge in [0.15, 0.2) is 0 Å². The lowest BCUT2D eigenvalue weighted by Crippen LogP contribution is -2.34. The van der Waals surface area contributed by atoms with Crippen molar-refractivity contribution in [2.75, 3.05) is 24.6 Å². The van der Waals surface area contributed by atoms with E-state index < -0.39 is 0 Å². The van der Waals surface area contributed by atoms with E-state index in [9.17, 15) is 4.79 Å². The average molecular weight is 230 g/mol. The number of hydrogen-bond donors (Lipinski definition) is 2. The molecule has 0 aromatic carbocycles. The largest absolute Gasteiger partial charge is 0.355 e. The van der Waals surface area contributed by atoms with Crippen LogP contribution < -0.4 is 10.6 Å². The van der Waals surface area contributed by atoms with Crippen LogP contribution in [0.2, 0.25) is 0 Å². The molecule has 0 spiro atoms. The van der Waals surface area contributed by atoms with Crippen LogP contribution in [-0.4, -0.2) is 36.5 Å². The average Bonchev–Trinajstić information content (AvgIpc) is 2.17. The van der Waals surface area contributed by atoms with Gasteiger partial charge < -0.3 is 10.6 Å². The lowest BCUT2D eigenvalue weighted by Gasteiger charge is -2.11. The first-order chi connectivity index (χ1) is 7.20. The van der Waals surface area contributed by atoms with E-state index in [1.54, 1.807) is 11.8 Å². The van der Waals surface area contributed by atoms with E-state index in [1.165, 1.54) is 0 Å². The molecule has 0 rings (SSSR count). The van der Waals surface area contributed by atoms with Gasteiger partial charge in [0, 0.05) is 30.5 Å². The molecule has 0 aromatic rings. The Balaban J connectivity index is 3.36. The third kappa shape index (κ3) is 9.82. The van der Waals surface area contributed by atoms with Crippen molar-refractivity contribution >= 4 is 17.7 Å². The summed E-state index contributed by atoms with van der Waals surface area (Å²) in [5, 5.41) is 6.10. The molecule has 0 bridgehead atoms. The van der Waals surface area contributed by atoms with Gasteiger partial charge in [-0.25, -0.2) is 0 Å². The fourth-order valence-corrected chi connectivity index (χ4v) is 1.78. The molecule has 88 valence electrons. The van der Waals surface area contributed by atoms with E-state index in [0.29, 0.717) is 6.42 Å². The van der Waals surface area contributed by atoms with Crippen LogP contribution in [0.3, 0.4) is 0 Å². The van der Waals surface area contributed by atoms with Crippen molar-refractivity contribution in [2.45, 2.75) is 26.3 Å². The van der Waals surface area contributed by atoms with E-state index >= 15 is 0 Å². The predicted octanol–water partition coefficient (Wildman–Crippen LogP) is 1.41. The van der Waals surface area contributed by atoms with Crippen molar-refractivity contribution in [3.05, 3.63) is 12.7 Å². The summed E-state index contributed by atoms with van der Waals surface area (Å²) in [6.45, 7) is 9.35. The number of carbonyl (C=O) groups is 1. The van der Waals surface area contributed by atoms with Crippen LogP contribution in [0, 0.1) is 0 Å². The summed E-state index contributed by atoms with van der Waals surface area (Å²) in [7, 11) is 0. The SMILES string of the molecule is C=CCSCCNC(=O)CC(C)NCC. The molecule has 0 aromatic heterocycles. The van der Waals surface area contributed by atoms with Crippen LogP contribution in [0.5, 0.6) is 0 Å². The van der Waals surface area contributed by atoms with Gasteiger partial charge >= 0.3 is 0 Å². The molecule has 1 unspecified atom stereocenters. The summed E-state index contributed by atoms with van der Waals surface area (Å²) in [5.41, 5.74) is 0. The molecule has 0 radical (unpaired) electrons. The topological polar surface area (TPSA) is 41.1 Å². The number of carbonyl (C=O) groups excluding carboxylic acids is 1. The molecule has 1 atom stereocenters. The van der Waals surface area contributed by atoms with Crippen molar-refractivity contribution in [1.82, 2.24) is 10.6 Å². The molecule has 1 amide bonds. The third-order valence-electron chi connectivity index (χ3n) is 1.85. The molecule has 3 nitrogen and oxygen atoms in total. The van der Waals surface area contributed by atoms with Gasteiger partial charge in [-0.2, -0.15) is 11.8 Å². The number of thioether (sulfide) groups is 1. The molecule has 0 aliphatic rings. The second-order valence-corrected chi connectivity index (χ2v) is 4.53. The van der Waals surface area contributed by atoms with E-state index in [1.807, 2.05) is 19.9 Å². The summed E-state index contributed by atoms with van der Waals surface area (Å²) < 4.78 is 0. The second-order valence-electron chi connectivity index (χ2n) is 3.38. The quantitative estimate of drug-likeness (QED) is 0.465. The van der Waals surface area contributed by atoms with Crippen LogP contribution >= 0.6 is 11.8 Å². The first-order valence-corrected chi connectivity index (χ1v) is 6.54. The summed E-state index contributed by atoms with van der Waals surface area (Å²) in [6, 6.07) is 0.260. The van der Waals surface area contributed by atoms with Crippen LogP contribution in [-0.2, 0) is 4.79 Å². The molecule has 2 N–H and O–H groups in total. The predicted molar refractivity (Wildman–Crippen MR) is 68.3 cm³/mol. The van der Waals surface area contributed by atoms with Crippen LogP contribution in [0.1, 0.15) is 20.3 Å².